The van der Waals surface area contributed by atoms with E-state index in [0.717, 1.165) is 12.8 Å². The number of nitrogens with one attached hydrogen (secondary N) is 2. The Morgan fingerprint density at radius 2 is 2.04 bits per heavy atom. The summed E-state index contributed by atoms with van der Waals surface area (Å²) in [5.41, 5.74) is 6.50. The van der Waals surface area contributed by atoms with Crippen LogP contribution in [0.5, 0.6) is 0 Å². The number of hydrogen-bond donors (Lipinski definition) is 3. The number of thiophene rings is 1. The molecule has 0 saturated carbocycles. The summed E-state index contributed by atoms with van der Waals surface area (Å²) in [6.45, 7) is 0.824. The molecule has 1 aromatic carbocycles. The Hall–Kier alpha value is -2.18. The summed E-state index contributed by atoms with van der Waals surface area (Å²) in [4.78, 5) is 25.1. The second-order valence-electron chi connectivity index (χ2n) is 5.11. The van der Waals surface area contributed by atoms with Gasteiger partial charge in [0.15, 0.2) is 0 Å². The van der Waals surface area contributed by atoms with Gasteiger partial charge >= 0.3 is 0 Å². The van der Waals surface area contributed by atoms with E-state index >= 15 is 0 Å². The van der Waals surface area contributed by atoms with Crippen molar-refractivity contribution in [1.29, 1.82) is 0 Å². The third kappa shape index (κ3) is 5.84. The molecule has 0 bridgehead atoms. The fourth-order valence-corrected chi connectivity index (χ4v) is 2.88. The van der Waals surface area contributed by atoms with Crippen LogP contribution in [-0.4, -0.2) is 24.9 Å². The molecule has 2 aromatic rings. The van der Waals surface area contributed by atoms with Crippen molar-refractivity contribution in [2.24, 2.45) is 5.73 Å². The van der Waals surface area contributed by atoms with Gasteiger partial charge in [-0.05, 0) is 42.5 Å². The van der Waals surface area contributed by atoms with Crippen molar-refractivity contribution in [2.75, 3.05) is 18.4 Å². The lowest BCUT2D eigenvalue weighted by molar-refractivity contribution is -0.116. The molecule has 0 atom stereocenters. The number of amides is 2. The molecule has 6 heteroatoms. The highest BCUT2D eigenvalue weighted by atomic mass is 32.1. The average Bonchev–Trinajstić information content (AvgIpc) is 3.06. The first-order valence-corrected chi connectivity index (χ1v) is 8.47. The van der Waals surface area contributed by atoms with Crippen LogP contribution in [0.3, 0.4) is 0 Å². The molecule has 2 amide bonds. The molecule has 4 N–H and O–H groups in total. The van der Waals surface area contributed by atoms with Crippen molar-refractivity contribution >= 4 is 28.8 Å². The normalized spacial score (nSPS) is 10.3. The molecular formula is C17H21N3O2S. The van der Waals surface area contributed by atoms with Gasteiger partial charge in [0.25, 0.3) is 5.91 Å². The number of anilines is 1. The Kier molecular flexibility index (Phi) is 6.77. The van der Waals surface area contributed by atoms with E-state index in [2.05, 4.69) is 16.7 Å². The first-order chi connectivity index (χ1) is 11.2. The number of benzene rings is 1. The Bertz CT molecular complexity index is 641. The summed E-state index contributed by atoms with van der Waals surface area (Å²) in [6, 6.07) is 11.0. The minimum atomic E-state index is -0.191. The standard InChI is InChI=1S/C17H21N3O2S/c18-9-10-19-17(22)13-4-1-5-14(12-13)20-16(21)8-2-6-15-7-3-11-23-15/h1,3-5,7,11-12H,2,6,8-10,18H2,(H,19,22)(H,20,21). The van der Waals surface area contributed by atoms with Crippen LogP contribution in [0.15, 0.2) is 41.8 Å². The van der Waals surface area contributed by atoms with Gasteiger partial charge in [-0.3, -0.25) is 9.59 Å². The van der Waals surface area contributed by atoms with Crippen molar-refractivity contribution < 1.29 is 9.59 Å². The SMILES string of the molecule is NCCNC(=O)c1cccc(NC(=O)CCCc2cccs2)c1. The zero-order chi connectivity index (χ0) is 16.5. The molecule has 5 nitrogen and oxygen atoms in total. The fourth-order valence-electron chi connectivity index (χ4n) is 2.13. The van der Waals surface area contributed by atoms with Gasteiger partial charge in [0.2, 0.25) is 5.91 Å². The first-order valence-electron chi connectivity index (χ1n) is 7.59. The van der Waals surface area contributed by atoms with Crippen molar-refractivity contribution in [2.45, 2.75) is 19.3 Å². The molecule has 0 saturated heterocycles. The highest BCUT2D eigenvalue weighted by Crippen LogP contribution is 2.14. The summed E-state index contributed by atoms with van der Waals surface area (Å²) in [6.07, 6.45) is 2.18. The summed E-state index contributed by atoms with van der Waals surface area (Å²) in [5.74, 6) is -0.231. The lowest BCUT2D eigenvalue weighted by atomic mass is 10.1. The number of hydrogen-bond acceptors (Lipinski definition) is 4. The summed E-state index contributed by atoms with van der Waals surface area (Å²) >= 11 is 1.71. The maximum Gasteiger partial charge on any atom is 0.251 e. The summed E-state index contributed by atoms with van der Waals surface area (Å²) < 4.78 is 0. The monoisotopic (exact) mass is 331 g/mol. The van der Waals surface area contributed by atoms with E-state index < -0.39 is 0 Å². The van der Waals surface area contributed by atoms with Crippen LogP contribution in [0.4, 0.5) is 5.69 Å². The molecule has 0 aliphatic carbocycles. The van der Waals surface area contributed by atoms with Gasteiger partial charge in [0.05, 0.1) is 0 Å². The fraction of sp³-hybridized carbons (Fsp3) is 0.294. The average molecular weight is 331 g/mol. The molecule has 0 fully saturated rings. The van der Waals surface area contributed by atoms with Gasteiger partial charge in [0, 0.05) is 35.6 Å². The smallest absolute Gasteiger partial charge is 0.251 e. The molecule has 0 aliphatic rings. The van der Waals surface area contributed by atoms with Crippen LogP contribution in [-0.2, 0) is 11.2 Å². The maximum atomic E-state index is 12.0. The summed E-state index contributed by atoms with van der Waals surface area (Å²) in [7, 11) is 0. The lowest BCUT2D eigenvalue weighted by Crippen LogP contribution is -2.29. The second-order valence-corrected chi connectivity index (χ2v) is 6.14. The van der Waals surface area contributed by atoms with E-state index in [4.69, 9.17) is 5.73 Å². The third-order valence-electron chi connectivity index (χ3n) is 3.25. The van der Waals surface area contributed by atoms with Gasteiger partial charge < -0.3 is 16.4 Å². The predicted octanol–water partition coefficient (Wildman–Crippen LogP) is 2.40. The minimum absolute atomic E-state index is 0.0407. The highest BCUT2D eigenvalue weighted by molar-refractivity contribution is 7.09. The van der Waals surface area contributed by atoms with Gasteiger partial charge in [-0.1, -0.05) is 12.1 Å². The van der Waals surface area contributed by atoms with Crippen LogP contribution >= 0.6 is 11.3 Å². The Morgan fingerprint density at radius 1 is 1.17 bits per heavy atom. The molecule has 0 radical (unpaired) electrons. The van der Waals surface area contributed by atoms with E-state index in [0.29, 0.717) is 30.8 Å². The van der Waals surface area contributed by atoms with E-state index in [9.17, 15) is 9.59 Å². The molecule has 2 rings (SSSR count). The lowest BCUT2D eigenvalue weighted by Gasteiger charge is -2.08. The number of carbonyl (C=O) groups excluding carboxylic acids is 2. The second kappa shape index (κ2) is 9.07. The van der Waals surface area contributed by atoms with Gasteiger partial charge in [-0.2, -0.15) is 0 Å². The van der Waals surface area contributed by atoms with E-state index in [1.807, 2.05) is 11.4 Å². The minimum Gasteiger partial charge on any atom is -0.351 e. The zero-order valence-corrected chi connectivity index (χ0v) is 13.7. The van der Waals surface area contributed by atoms with Crippen LogP contribution in [0, 0.1) is 0 Å². The molecular weight excluding hydrogens is 310 g/mol. The maximum absolute atomic E-state index is 12.0. The molecule has 1 aromatic heterocycles. The number of aryl methyl sites for hydroxylation is 1. The van der Waals surface area contributed by atoms with E-state index in [-0.39, 0.29) is 11.8 Å². The van der Waals surface area contributed by atoms with Gasteiger partial charge in [-0.15, -0.1) is 11.3 Å². The Balaban J connectivity index is 1.82. The molecule has 1 heterocycles. The largest absolute Gasteiger partial charge is 0.351 e. The highest BCUT2D eigenvalue weighted by Gasteiger charge is 2.07. The third-order valence-corrected chi connectivity index (χ3v) is 4.18. The molecule has 0 aliphatic heterocycles. The van der Waals surface area contributed by atoms with Gasteiger partial charge in [-0.25, -0.2) is 0 Å². The topological polar surface area (TPSA) is 84.2 Å². The van der Waals surface area contributed by atoms with E-state index in [1.165, 1.54) is 4.88 Å². The molecule has 0 unspecified atom stereocenters. The van der Waals surface area contributed by atoms with Crippen molar-refractivity contribution in [3.05, 3.63) is 52.2 Å². The van der Waals surface area contributed by atoms with Crippen LogP contribution < -0.4 is 16.4 Å². The van der Waals surface area contributed by atoms with Crippen molar-refractivity contribution in [1.82, 2.24) is 5.32 Å². The van der Waals surface area contributed by atoms with Crippen LogP contribution in [0.1, 0.15) is 28.1 Å². The van der Waals surface area contributed by atoms with Crippen molar-refractivity contribution in [3.63, 3.8) is 0 Å². The predicted molar refractivity (Wildman–Crippen MR) is 93.7 cm³/mol. The number of rotatable bonds is 8. The van der Waals surface area contributed by atoms with E-state index in [1.54, 1.807) is 35.6 Å². The van der Waals surface area contributed by atoms with Gasteiger partial charge in [0.1, 0.15) is 0 Å². The Morgan fingerprint density at radius 3 is 2.78 bits per heavy atom. The summed E-state index contributed by atoms with van der Waals surface area (Å²) in [5, 5.41) is 7.58. The van der Waals surface area contributed by atoms with Crippen LogP contribution in [0.2, 0.25) is 0 Å². The molecule has 122 valence electrons. The number of nitrogens with two attached hydrogens (primary N) is 1. The zero-order valence-electron chi connectivity index (χ0n) is 12.9. The molecule has 23 heavy (non-hydrogen) atoms. The van der Waals surface area contributed by atoms with Crippen molar-refractivity contribution in [3.8, 4) is 0 Å². The molecule has 0 spiro atoms. The Labute approximate surface area is 139 Å². The van der Waals surface area contributed by atoms with Crippen LogP contribution in [0.25, 0.3) is 0 Å². The quantitative estimate of drug-likeness (QED) is 0.694. The first kappa shape index (κ1) is 17.2. The number of carbonyl (C=O) groups is 2.